The minimum atomic E-state index is -4.76. The van der Waals surface area contributed by atoms with Crippen LogP contribution in [0.3, 0.4) is 0 Å². The fourth-order valence-electron chi connectivity index (χ4n) is 2.76. The quantitative estimate of drug-likeness (QED) is 0.729. The van der Waals surface area contributed by atoms with Crippen molar-refractivity contribution in [3.05, 3.63) is 35.9 Å². The van der Waals surface area contributed by atoms with Crippen molar-refractivity contribution in [1.82, 2.24) is 10.2 Å². The molecule has 0 spiro atoms. The SMILES string of the molecule is C=C(C)C[C@@H](c1cc(OC(F)(F)F)ccc1O)N1CCNCC1.Cl.Cl. The minimum absolute atomic E-state index is 0. The van der Waals surface area contributed by atoms with Crippen molar-refractivity contribution >= 4 is 24.8 Å². The molecule has 0 radical (unpaired) electrons. The molecule has 2 N–H and O–H groups in total. The van der Waals surface area contributed by atoms with E-state index >= 15 is 0 Å². The number of benzene rings is 1. The number of halogens is 5. The van der Waals surface area contributed by atoms with Crippen molar-refractivity contribution in [2.75, 3.05) is 26.2 Å². The molecule has 0 unspecified atom stereocenters. The Morgan fingerprint density at radius 2 is 1.92 bits per heavy atom. The first kappa shape index (κ1) is 23.9. The summed E-state index contributed by atoms with van der Waals surface area (Å²) >= 11 is 0. The Balaban J connectivity index is 0.00000288. The normalized spacial score (nSPS) is 16.3. The Morgan fingerprint density at radius 3 is 2.44 bits per heavy atom. The summed E-state index contributed by atoms with van der Waals surface area (Å²) < 4.78 is 41.2. The van der Waals surface area contributed by atoms with Gasteiger partial charge in [-0.05, 0) is 31.5 Å². The van der Waals surface area contributed by atoms with Crippen molar-refractivity contribution in [2.45, 2.75) is 25.7 Å². The van der Waals surface area contributed by atoms with Gasteiger partial charge in [0, 0.05) is 37.8 Å². The average molecular weight is 403 g/mol. The van der Waals surface area contributed by atoms with Gasteiger partial charge in [-0.3, -0.25) is 4.90 Å². The van der Waals surface area contributed by atoms with Crippen LogP contribution >= 0.6 is 24.8 Å². The molecule has 1 heterocycles. The van der Waals surface area contributed by atoms with E-state index in [0.29, 0.717) is 12.0 Å². The zero-order valence-corrected chi connectivity index (χ0v) is 15.4. The van der Waals surface area contributed by atoms with Crippen molar-refractivity contribution in [3.8, 4) is 11.5 Å². The molecule has 0 saturated carbocycles. The smallest absolute Gasteiger partial charge is 0.508 e. The Morgan fingerprint density at radius 1 is 1.32 bits per heavy atom. The molecule has 4 nitrogen and oxygen atoms in total. The Kier molecular flexibility index (Phi) is 9.64. The molecule has 1 aliphatic heterocycles. The molecule has 25 heavy (non-hydrogen) atoms. The highest BCUT2D eigenvalue weighted by Crippen LogP contribution is 2.36. The molecular weight excluding hydrogens is 380 g/mol. The summed E-state index contributed by atoms with van der Waals surface area (Å²) in [5.74, 6) is -0.364. The van der Waals surface area contributed by atoms with Gasteiger partial charge < -0.3 is 15.2 Å². The second kappa shape index (κ2) is 10.1. The lowest BCUT2D eigenvalue weighted by Crippen LogP contribution is -2.45. The number of nitrogens with zero attached hydrogens (tertiary/aromatic N) is 1. The molecule has 1 saturated heterocycles. The van der Waals surface area contributed by atoms with Gasteiger partial charge in [-0.1, -0.05) is 5.57 Å². The first-order valence-electron chi connectivity index (χ1n) is 7.44. The monoisotopic (exact) mass is 402 g/mol. The van der Waals surface area contributed by atoms with E-state index in [0.717, 1.165) is 37.8 Å². The zero-order valence-electron chi connectivity index (χ0n) is 13.8. The van der Waals surface area contributed by atoms with Gasteiger partial charge >= 0.3 is 6.36 Å². The fraction of sp³-hybridized carbons (Fsp3) is 0.500. The van der Waals surface area contributed by atoms with Crippen molar-refractivity contribution in [2.24, 2.45) is 0 Å². The van der Waals surface area contributed by atoms with Crippen LogP contribution < -0.4 is 10.1 Å². The number of hydrogen-bond donors (Lipinski definition) is 2. The summed E-state index contributed by atoms with van der Waals surface area (Å²) in [6, 6.07) is 3.39. The first-order chi connectivity index (χ1) is 10.8. The number of ether oxygens (including phenoxy) is 1. The molecule has 9 heteroatoms. The molecule has 0 aromatic heterocycles. The second-order valence-electron chi connectivity index (χ2n) is 5.73. The maximum absolute atomic E-state index is 12.4. The summed E-state index contributed by atoms with van der Waals surface area (Å²) in [4.78, 5) is 2.14. The van der Waals surface area contributed by atoms with Gasteiger partial charge in [-0.2, -0.15) is 0 Å². The molecule has 1 fully saturated rings. The van der Waals surface area contributed by atoms with Gasteiger partial charge in [0.05, 0.1) is 0 Å². The number of nitrogens with one attached hydrogen (secondary N) is 1. The van der Waals surface area contributed by atoms with Crippen molar-refractivity contribution in [1.29, 1.82) is 0 Å². The molecule has 2 rings (SSSR count). The number of aromatic hydroxyl groups is 1. The topological polar surface area (TPSA) is 44.7 Å². The van der Waals surface area contributed by atoms with Crippen LogP contribution in [0.1, 0.15) is 24.9 Å². The molecule has 1 aliphatic rings. The highest BCUT2D eigenvalue weighted by atomic mass is 35.5. The predicted octanol–water partition coefficient (Wildman–Crippen LogP) is 4.05. The van der Waals surface area contributed by atoms with Crippen LogP contribution in [0.25, 0.3) is 0 Å². The number of hydrogen-bond acceptors (Lipinski definition) is 4. The zero-order chi connectivity index (χ0) is 17.0. The number of piperazine rings is 1. The Labute approximate surface area is 157 Å². The second-order valence-corrected chi connectivity index (χ2v) is 5.73. The van der Waals surface area contributed by atoms with Gasteiger partial charge in [-0.15, -0.1) is 44.6 Å². The third-order valence-electron chi connectivity index (χ3n) is 3.73. The maximum atomic E-state index is 12.4. The summed E-state index contributed by atoms with van der Waals surface area (Å²) in [7, 11) is 0. The third-order valence-corrected chi connectivity index (χ3v) is 3.73. The summed E-state index contributed by atoms with van der Waals surface area (Å²) in [6.45, 7) is 8.85. The van der Waals surface area contributed by atoms with Crippen molar-refractivity contribution < 1.29 is 23.0 Å². The van der Waals surface area contributed by atoms with Gasteiger partial charge in [0.25, 0.3) is 0 Å². The van der Waals surface area contributed by atoms with E-state index in [1.165, 1.54) is 12.1 Å². The van der Waals surface area contributed by atoms with E-state index < -0.39 is 6.36 Å². The number of alkyl halides is 3. The minimum Gasteiger partial charge on any atom is -0.508 e. The highest BCUT2D eigenvalue weighted by Gasteiger charge is 2.32. The maximum Gasteiger partial charge on any atom is 0.573 e. The van der Waals surface area contributed by atoms with Gasteiger partial charge in [0.15, 0.2) is 0 Å². The predicted molar refractivity (Wildman–Crippen MR) is 95.9 cm³/mol. The fourth-order valence-corrected chi connectivity index (χ4v) is 2.76. The van der Waals surface area contributed by atoms with Gasteiger partial charge in [0.2, 0.25) is 0 Å². The lowest BCUT2D eigenvalue weighted by molar-refractivity contribution is -0.274. The highest BCUT2D eigenvalue weighted by molar-refractivity contribution is 5.85. The molecule has 0 aliphatic carbocycles. The van der Waals surface area contributed by atoms with Crippen LogP contribution in [0.15, 0.2) is 30.4 Å². The number of phenolic OH excluding ortho intramolecular Hbond substituents is 1. The van der Waals surface area contributed by atoms with Crippen LogP contribution in [0.4, 0.5) is 13.2 Å². The Bertz CT molecular complexity index is 565. The summed E-state index contributed by atoms with van der Waals surface area (Å²) in [5.41, 5.74) is 1.33. The van der Waals surface area contributed by atoms with E-state index in [2.05, 4.69) is 21.5 Å². The van der Waals surface area contributed by atoms with Crippen LogP contribution in [0, 0.1) is 0 Å². The van der Waals surface area contributed by atoms with Gasteiger partial charge in [-0.25, -0.2) is 0 Å². The lowest BCUT2D eigenvalue weighted by Gasteiger charge is -2.35. The van der Waals surface area contributed by atoms with Gasteiger partial charge in [0.1, 0.15) is 11.5 Å². The molecular formula is C16H23Cl2F3N2O2. The van der Waals surface area contributed by atoms with E-state index in [1.54, 1.807) is 0 Å². The van der Waals surface area contributed by atoms with Crippen molar-refractivity contribution in [3.63, 3.8) is 0 Å². The van der Waals surface area contributed by atoms with Crippen LogP contribution in [-0.4, -0.2) is 42.5 Å². The van der Waals surface area contributed by atoms with E-state index in [9.17, 15) is 18.3 Å². The van der Waals surface area contributed by atoms with E-state index in [-0.39, 0.29) is 42.4 Å². The van der Waals surface area contributed by atoms with Crippen LogP contribution in [0.5, 0.6) is 11.5 Å². The van der Waals surface area contributed by atoms with Crippen LogP contribution in [-0.2, 0) is 0 Å². The van der Waals surface area contributed by atoms with Crippen LogP contribution in [0.2, 0.25) is 0 Å². The third kappa shape index (κ3) is 7.32. The largest absolute Gasteiger partial charge is 0.573 e. The standard InChI is InChI=1S/C16H21F3N2O2.2ClH/c1-11(2)9-14(21-7-5-20-6-8-21)13-10-12(3-4-15(13)22)23-16(17,18)19;;/h3-4,10,14,20,22H,1,5-9H2,2H3;2*1H/t14-;;/m0../s1. The lowest BCUT2D eigenvalue weighted by atomic mass is 9.97. The number of phenols is 1. The molecule has 144 valence electrons. The van der Waals surface area contributed by atoms with E-state index in [1.807, 2.05) is 6.92 Å². The molecule has 1 aromatic carbocycles. The first-order valence-corrected chi connectivity index (χ1v) is 7.44. The molecule has 1 atom stereocenters. The summed E-state index contributed by atoms with van der Waals surface area (Å²) in [6.07, 6.45) is -4.20. The molecule has 0 amide bonds. The molecule has 1 aromatic rings. The average Bonchev–Trinajstić information content (AvgIpc) is 2.46. The molecule has 0 bridgehead atoms. The number of rotatable bonds is 5. The summed E-state index contributed by atoms with van der Waals surface area (Å²) in [5, 5.41) is 13.4. The van der Waals surface area contributed by atoms with E-state index in [4.69, 9.17) is 0 Å². The Hall–Kier alpha value is -1.15.